The number of pyridine rings is 1. The Morgan fingerprint density at radius 2 is 2.33 bits per heavy atom. The highest BCUT2D eigenvalue weighted by Crippen LogP contribution is 2.46. The molecule has 1 saturated carbocycles. The standard InChI is InChI=1S/C12H13NO2/c1-2-8-3-6-13-9-7-10(15-11(8)9)12(14)4-5-12/h3,6-7,14H,2,4-5H2,1H3. The van der Waals surface area contributed by atoms with Crippen LogP contribution in [-0.2, 0) is 12.0 Å². The van der Waals surface area contributed by atoms with E-state index in [1.165, 1.54) is 0 Å². The van der Waals surface area contributed by atoms with Gasteiger partial charge in [-0.3, -0.25) is 4.98 Å². The molecule has 0 unspecified atom stereocenters. The first-order valence-corrected chi connectivity index (χ1v) is 5.33. The summed E-state index contributed by atoms with van der Waals surface area (Å²) in [6.45, 7) is 2.09. The summed E-state index contributed by atoms with van der Waals surface area (Å²) in [5.74, 6) is 0.672. The molecule has 0 saturated heterocycles. The van der Waals surface area contributed by atoms with Gasteiger partial charge in [-0.15, -0.1) is 0 Å². The Balaban J connectivity index is 2.21. The minimum absolute atomic E-state index is 0.672. The Morgan fingerprint density at radius 1 is 1.53 bits per heavy atom. The van der Waals surface area contributed by atoms with Crippen molar-refractivity contribution in [2.45, 2.75) is 31.8 Å². The van der Waals surface area contributed by atoms with E-state index < -0.39 is 5.60 Å². The van der Waals surface area contributed by atoms with E-state index >= 15 is 0 Å². The fourth-order valence-electron chi connectivity index (χ4n) is 1.86. The van der Waals surface area contributed by atoms with Crippen molar-refractivity contribution in [1.82, 2.24) is 4.98 Å². The van der Waals surface area contributed by atoms with E-state index in [-0.39, 0.29) is 0 Å². The lowest BCUT2D eigenvalue weighted by Gasteiger charge is -2.00. The number of aryl methyl sites for hydroxylation is 1. The predicted molar refractivity (Wildman–Crippen MR) is 56.5 cm³/mol. The van der Waals surface area contributed by atoms with E-state index in [1.54, 1.807) is 6.20 Å². The van der Waals surface area contributed by atoms with Gasteiger partial charge in [0, 0.05) is 12.3 Å². The highest BCUT2D eigenvalue weighted by molar-refractivity contribution is 5.77. The number of rotatable bonds is 2. The highest BCUT2D eigenvalue weighted by atomic mass is 16.4. The molecule has 1 fully saturated rings. The Bertz CT molecular complexity index is 511. The SMILES string of the molecule is CCc1ccnc2cc(C3(O)CC3)oc12. The third kappa shape index (κ3) is 1.27. The molecule has 1 aliphatic carbocycles. The fraction of sp³-hybridized carbons (Fsp3) is 0.417. The van der Waals surface area contributed by atoms with Crippen molar-refractivity contribution < 1.29 is 9.52 Å². The summed E-state index contributed by atoms with van der Waals surface area (Å²) in [7, 11) is 0. The number of aliphatic hydroxyl groups is 1. The molecule has 0 aliphatic heterocycles. The number of hydrogen-bond acceptors (Lipinski definition) is 3. The third-order valence-electron chi connectivity index (χ3n) is 3.06. The third-order valence-corrected chi connectivity index (χ3v) is 3.06. The second-order valence-corrected chi connectivity index (χ2v) is 4.18. The van der Waals surface area contributed by atoms with Crippen LogP contribution in [0.2, 0.25) is 0 Å². The lowest BCUT2D eigenvalue weighted by Crippen LogP contribution is -2.01. The quantitative estimate of drug-likeness (QED) is 0.815. The molecule has 0 radical (unpaired) electrons. The van der Waals surface area contributed by atoms with Crippen LogP contribution < -0.4 is 0 Å². The predicted octanol–water partition coefficient (Wildman–Crippen LogP) is 2.37. The van der Waals surface area contributed by atoms with Gasteiger partial charge in [-0.25, -0.2) is 0 Å². The molecule has 3 nitrogen and oxygen atoms in total. The molecule has 2 aromatic heterocycles. The van der Waals surface area contributed by atoms with Gasteiger partial charge in [-0.05, 0) is 30.9 Å². The van der Waals surface area contributed by atoms with E-state index in [9.17, 15) is 5.11 Å². The van der Waals surface area contributed by atoms with Crippen molar-refractivity contribution in [1.29, 1.82) is 0 Å². The zero-order valence-electron chi connectivity index (χ0n) is 8.66. The van der Waals surface area contributed by atoms with Gasteiger partial charge in [0.2, 0.25) is 0 Å². The Kier molecular flexibility index (Phi) is 1.68. The monoisotopic (exact) mass is 203 g/mol. The van der Waals surface area contributed by atoms with Crippen LogP contribution in [0.15, 0.2) is 22.7 Å². The largest absolute Gasteiger partial charge is 0.456 e. The zero-order chi connectivity index (χ0) is 10.5. The lowest BCUT2D eigenvalue weighted by atomic mass is 10.2. The second kappa shape index (κ2) is 2.83. The average Bonchev–Trinajstić information content (AvgIpc) is 2.84. The van der Waals surface area contributed by atoms with Crippen molar-refractivity contribution in [3.05, 3.63) is 29.7 Å². The smallest absolute Gasteiger partial charge is 0.156 e. The van der Waals surface area contributed by atoms with Crippen LogP contribution in [0.4, 0.5) is 0 Å². The molecule has 0 aromatic carbocycles. The molecule has 3 heteroatoms. The summed E-state index contributed by atoms with van der Waals surface area (Å²) >= 11 is 0. The van der Waals surface area contributed by atoms with Crippen LogP contribution in [0.1, 0.15) is 31.1 Å². The van der Waals surface area contributed by atoms with Crippen molar-refractivity contribution >= 4 is 11.1 Å². The topological polar surface area (TPSA) is 46.3 Å². The zero-order valence-corrected chi connectivity index (χ0v) is 8.66. The summed E-state index contributed by atoms with van der Waals surface area (Å²) in [5, 5.41) is 9.94. The maximum Gasteiger partial charge on any atom is 0.156 e. The summed E-state index contributed by atoms with van der Waals surface area (Å²) in [4.78, 5) is 4.25. The summed E-state index contributed by atoms with van der Waals surface area (Å²) < 4.78 is 5.70. The van der Waals surface area contributed by atoms with Crippen LogP contribution in [0.3, 0.4) is 0 Å². The van der Waals surface area contributed by atoms with Crippen LogP contribution in [0, 0.1) is 0 Å². The van der Waals surface area contributed by atoms with Crippen LogP contribution in [0.25, 0.3) is 11.1 Å². The number of furan rings is 1. The number of aromatic nitrogens is 1. The van der Waals surface area contributed by atoms with Gasteiger partial charge < -0.3 is 9.52 Å². The maximum absolute atomic E-state index is 9.94. The summed E-state index contributed by atoms with van der Waals surface area (Å²) in [6, 6.07) is 3.83. The Hall–Kier alpha value is -1.35. The summed E-state index contributed by atoms with van der Waals surface area (Å²) in [6.07, 6.45) is 4.31. The van der Waals surface area contributed by atoms with Crippen LogP contribution in [0.5, 0.6) is 0 Å². The molecule has 3 rings (SSSR count). The molecule has 2 aromatic rings. The van der Waals surface area contributed by atoms with E-state index in [0.717, 1.165) is 35.9 Å². The number of hydrogen-bond donors (Lipinski definition) is 1. The lowest BCUT2D eigenvalue weighted by molar-refractivity contribution is 0.125. The highest BCUT2D eigenvalue weighted by Gasteiger charge is 2.45. The van der Waals surface area contributed by atoms with Gasteiger partial charge in [-0.1, -0.05) is 6.92 Å². The van der Waals surface area contributed by atoms with Crippen LogP contribution in [-0.4, -0.2) is 10.1 Å². The Morgan fingerprint density at radius 3 is 3.00 bits per heavy atom. The molecule has 0 amide bonds. The summed E-state index contributed by atoms with van der Waals surface area (Å²) in [5.41, 5.74) is 2.13. The van der Waals surface area contributed by atoms with Gasteiger partial charge in [0.15, 0.2) is 5.58 Å². The van der Waals surface area contributed by atoms with Crippen molar-refractivity contribution in [3.8, 4) is 0 Å². The molecule has 1 aliphatic rings. The molecule has 2 heterocycles. The molecule has 15 heavy (non-hydrogen) atoms. The van der Waals surface area contributed by atoms with Crippen molar-refractivity contribution in [2.75, 3.05) is 0 Å². The van der Waals surface area contributed by atoms with Crippen molar-refractivity contribution in [2.24, 2.45) is 0 Å². The molecular weight excluding hydrogens is 190 g/mol. The van der Waals surface area contributed by atoms with E-state index in [0.29, 0.717) is 5.76 Å². The van der Waals surface area contributed by atoms with E-state index in [4.69, 9.17) is 4.42 Å². The first kappa shape index (κ1) is 8.92. The van der Waals surface area contributed by atoms with Gasteiger partial charge in [0.05, 0.1) is 0 Å². The minimum atomic E-state index is -0.703. The van der Waals surface area contributed by atoms with E-state index in [2.05, 4.69) is 11.9 Å². The fourth-order valence-corrected chi connectivity index (χ4v) is 1.86. The van der Waals surface area contributed by atoms with E-state index in [1.807, 2.05) is 12.1 Å². The maximum atomic E-state index is 9.94. The Labute approximate surface area is 87.7 Å². The van der Waals surface area contributed by atoms with Gasteiger partial charge in [0.1, 0.15) is 16.9 Å². The van der Waals surface area contributed by atoms with Gasteiger partial charge in [0.25, 0.3) is 0 Å². The average molecular weight is 203 g/mol. The first-order valence-electron chi connectivity index (χ1n) is 5.33. The minimum Gasteiger partial charge on any atom is -0.456 e. The van der Waals surface area contributed by atoms with Gasteiger partial charge in [-0.2, -0.15) is 0 Å². The molecule has 0 spiro atoms. The molecular formula is C12H13NO2. The molecule has 0 bridgehead atoms. The second-order valence-electron chi connectivity index (χ2n) is 4.18. The molecule has 1 N–H and O–H groups in total. The molecule has 0 atom stereocenters. The van der Waals surface area contributed by atoms with Crippen molar-refractivity contribution in [3.63, 3.8) is 0 Å². The first-order chi connectivity index (χ1) is 7.23. The number of fused-ring (bicyclic) bond motifs is 1. The van der Waals surface area contributed by atoms with Gasteiger partial charge >= 0.3 is 0 Å². The normalized spacial score (nSPS) is 18.3. The molecule has 78 valence electrons. The number of nitrogens with zero attached hydrogens (tertiary/aromatic N) is 1. The van der Waals surface area contributed by atoms with Crippen LogP contribution >= 0.6 is 0 Å².